The third-order valence-corrected chi connectivity index (χ3v) is 4.22. The first-order chi connectivity index (χ1) is 13.6. The summed E-state index contributed by atoms with van der Waals surface area (Å²) in [7, 11) is 0. The molecule has 2 amide bonds. The van der Waals surface area contributed by atoms with Gasteiger partial charge < -0.3 is 15.4 Å². The van der Waals surface area contributed by atoms with E-state index in [0.29, 0.717) is 10.0 Å². The molecule has 2 aromatic rings. The summed E-state index contributed by atoms with van der Waals surface area (Å²) in [5.74, 6) is -0.972. The van der Waals surface area contributed by atoms with Gasteiger partial charge in [-0.15, -0.1) is 0 Å². The minimum absolute atomic E-state index is 0.0970. The highest BCUT2D eigenvalue weighted by Crippen LogP contribution is 2.34. The molecule has 0 heterocycles. The van der Waals surface area contributed by atoms with Crippen LogP contribution in [-0.4, -0.2) is 24.5 Å². The number of alkyl halides is 3. The summed E-state index contributed by atoms with van der Waals surface area (Å²) in [5.41, 5.74) is -0.623. The molecule has 9 heteroatoms. The van der Waals surface area contributed by atoms with Gasteiger partial charge in [0.25, 0.3) is 5.91 Å². The number of rotatable bonds is 7. The zero-order valence-electron chi connectivity index (χ0n) is 15.8. The predicted octanol–water partition coefficient (Wildman–Crippen LogP) is 4.30. The molecule has 156 valence electrons. The molecule has 0 radical (unpaired) electrons. The Balaban J connectivity index is 1.97. The van der Waals surface area contributed by atoms with Crippen molar-refractivity contribution in [2.75, 3.05) is 6.54 Å². The van der Waals surface area contributed by atoms with E-state index < -0.39 is 23.6 Å². The summed E-state index contributed by atoms with van der Waals surface area (Å²) in [5, 5.41) is 4.81. The van der Waals surface area contributed by atoms with Crippen molar-refractivity contribution in [1.29, 1.82) is 0 Å². The zero-order valence-corrected chi connectivity index (χ0v) is 17.4. The molecular formula is C20H20BrF3N2O3. The maximum absolute atomic E-state index is 13.3. The van der Waals surface area contributed by atoms with Crippen LogP contribution < -0.4 is 15.4 Å². The van der Waals surface area contributed by atoms with Crippen LogP contribution in [0.25, 0.3) is 0 Å². The quantitative estimate of drug-likeness (QED) is 0.631. The van der Waals surface area contributed by atoms with Crippen LogP contribution in [0.15, 0.2) is 46.9 Å². The summed E-state index contributed by atoms with van der Waals surface area (Å²) in [6, 6.07) is 10.2. The lowest BCUT2D eigenvalue weighted by atomic mass is 10.1. The highest BCUT2D eigenvalue weighted by Gasteiger charge is 2.34. The molecule has 2 N–H and O–H groups in total. The normalized spacial score (nSPS) is 11.3. The first kappa shape index (κ1) is 22.7. The van der Waals surface area contributed by atoms with Gasteiger partial charge in [-0.1, -0.05) is 28.1 Å². The average molecular weight is 473 g/mol. The van der Waals surface area contributed by atoms with E-state index >= 15 is 0 Å². The first-order valence-electron chi connectivity index (χ1n) is 8.73. The van der Waals surface area contributed by atoms with Gasteiger partial charge in [0, 0.05) is 16.6 Å². The molecule has 0 fully saturated rings. The standard InChI is InChI=1S/C20H20BrF3N2O3/c1-12(2)29-16-7-6-14(17(9-16)20(22,23)24)10-25-18(27)11-26-19(28)13-4-3-5-15(21)8-13/h3-9,12H,10-11H2,1-2H3,(H,25,27)(H,26,28). The molecule has 29 heavy (non-hydrogen) atoms. The molecule has 0 aromatic heterocycles. The van der Waals surface area contributed by atoms with Crippen molar-refractivity contribution in [3.63, 3.8) is 0 Å². The number of hydrogen-bond acceptors (Lipinski definition) is 3. The number of benzene rings is 2. The highest BCUT2D eigenvalue weighted by atomic mass is 79.9. The van der Waals surface area contributed by atoms with Gasteiger partial charge in [-0.3, -0.25) is 9.59 Å². The third-order valence-electron chi connectivity index (χ3n) is 3.73. The van der Waals surface area contributed by atoms with E-state index in [1.165, 1.54) is 12.1 Å². The molecule has 0 atom stereocenters. The maximum atomic E-state index is 13.3. The Bertz CT molecular complexity index is 886. The number of nitrogens with one attached hydrogen (secondary N) is 2. The Kier molecular flexibility index (Phi) is 7.66. The summed E-state index contributed by atoms with van der Waals surface area (Å²) < 4.78 is 46.0. The van der Waals surface area contributed by atoms with Crippen LogP contribution in [-0.2, 0) is 17.5 Å². The molecule has 0 saturated heterocycles. The van der Waals surface area contributed by atoms with Gasteiger partial charge in [-0.2, -0.15) is 13.2 Å². The topological polar surface area (TPSA) is 67.4 Å². The minimum Gasteiger partial charge on any atom is -0.491 e. The van der Waals surface area contributed by atoms with E-state index in [2.05, 4.69) is 26.6 Å². The van der Waals surface area contributed by atoms with Gasteiger partial charge in [-0.05, 0) is 49.7 Å². The molecular weight excluding hydrogens is 453 g/mol. The van der Waals surface area contributed by atoms with Gasteiger partial charge >= 0.3 is 6.18 Å². The average Bonchev–Trinajstić information content (AvgIpc) is 2.63. The van der Waals surface area contributed by atoms with E-state index in [9.17, 15) is 22.8 Å². The van der Waals surface area contributed by atoms with Crippen molar-refractivity contribution < 1.29 is 27.5 Å². The Labute approximate surface area is 174 Å². The molecule has 2 aromatic carbocycles. The lowest BCUT2D eigenvalue weighted by molar-refractivity contribution is -0.138. The largest absolute Gasteiger partial charge is 0.491 e. The van der Waals surface area contributed by atoms with Crippen LogP contribution in [0.4, 0.5) is 13.2 Å². The summed E-state index contributed by atoms with van der Waals surface area (Å²) in [4.78, 5) is 24.0. The summed E-state index contributed by atoms with van der Waals surface area (Å²) in [6.45, 7) is 2.73. The van der Waals surface area contributed by atoms with E-state index in [1.54, 1.807) is 38.1 Å². The van der Waals surface area contributed by atoms with Crippen LogP contribution >= 0.6 is 15.9 Å². The van der Waals surface area contributed by atoms with Crippen molar-refractivity contribution in [3.05, 3.63) is 63.6 Å². The first-order valence-corrected chi connectivity index (χ1v) is 9.53. The van der Waals surface area contributed by atoms with Crippen LogP contribution in [0.5, 0.6) is 5.75 Å². The van der Waals surface area contributed by atoms with Gasteiger partial charge in [0.2, 0.25) is 5.91 Å². The molecule has 0 saturated carbocycles. The minimum atomic E-state index is -4.59. The number of halogens is 4. The lowest BCUT2D eigenvalue weighted by Gasteiger charge is -2.17. The Morgan fingerprint density at radius 1 is 1.10 bits per heavy atom. The smallest absolute Gasteiger partial charge is 0.416 e. The van der Waals surface area contributed by atoms with E-state index in [4.69, 9.17) is 4.74 Å². The highest BCUT2D eigenvalue weighted by molar-refractivity contribution is 9.10. The number of carbonyl (C=O) groups excluding carboxylic acids is 2. The van der Waals surface area contributed by atoms with Gasteiger partial charge in [0.1, 0.15) is 5.75 Å². The lowest BCUT2D eigenvalue weighted by Crippen LogP contribution is -2.36. The predicted molar refractivity (Wildman–Crippen MR) is 106 cm³/mol. The van der Waals surface area contributed by atoms with Gasteiger partial charge in [0.15, 0.2) is 0 Å². The zero-order chi connectivity index (χ0) is 21.6. The fourth-order valence-corrected chi connectivity index (χ4v) is 2.87. The fourth-order valence-electron chi connectivity index (χ4n) is 2.47. The third kappa shape index (κ3) is 7.08. The molecule has 0 aliphatic heterocycles. The van der Waals surface area contributed by atoms with Crippen molar-refractivity contribution in [2.45, 2.75) is 32.7 Å². The van der Waals surface area contributed by atoms with Crippen molar-refractivity contribution in [2.24, 2.45) is 0 Å². The van der Waals surface area contributed by atoms with Gasteiger partial charge in [-0.25, -0.2) is 0 Å². The van der Waals surface area contributed by atoms with Crippen molar-refractivity contribution >= 4 is 27.7 Å². The summed E-state index contributed by atoms with van der Waals surface area (Å²) >= 11 is 3.24. The van der Waals surface area contributed by atoms with Crippen LogP contribution in [0.3, 0.4) is 0 Å². The van der Waals surface area contributed by atoms with Gasteiger partial charge in [0.05, 0.1) is 18.2 Å². The number of ether oxygens (including phenoxy) is 1. The van der Waals surface area contributed by atoms with Crippen LogP contribution in [0, 0.1) is 0 Å². The molecule has 0 bridgehead atoms. The number of carbonyl (C=O) groups is 2. The second-order valence-electron chi connectivity index (χ2n) is 6.45. The fraction of sp³-hybridized carbons (Fsp3) is 0.300. The Morgan fingerprint density at radius 2 is 1.83 bits per heavy atom. The molecule has 0 spiro atoms. The molecule has 2 rings (SSSR count). The molecule has 0 aliphatic carbocycles. The molecule has 0 unspecified atom stereocenters. The SMILES string of the molecule is CC(C)Oc1ccc(CNC(=O)CNC(=O)c2cccc(Br)c2)c(C(F)(F)F)c1. The second-order valence-corrected chi connectivity index (χ2v) is 7.37. The maximum Gasteiger partial charge on any atom is 0.416 e. The molecule has 5 nitrogen and oxygen atoms in total. The second kappa shape index (κ2) is 9.78. The van der Waals surface area contributed by atoms with Crippen LogP contribution in [0.2, 0.25) is 0 Å². The van der Waals surface area contributed by atoms with Crippen molar-refractivity contribution in [1.82, 2.24) is 10.6 Å². The number of hydrogen-bond donors (Lipinski definition) is 2. The summed E-state index contributed by atoms with van der Waals surface area (Å²) in [6.07, 6.45) is -4.86. The van der Waals surface area contributed by atoms with Crippen molar-refractivity contribution in [3.8, 4) is 5.75 Å². The Hall–Kier alpha value is -2.55. The molecule has 0 aliphatic rings. The monoisotopic (exact) mass is 472 g/mol. The van der Waals surface area contributed by atoms with E-state index in [0.717, 1.165) is 6.07 Å². The van der Waals surface area contributed by atoms with E-state index in [1.807, 2.05) is 0 Å². The van der Waals surface area contributed by atoms with Crippen LogP contribution in [0.1, 0.15) is 35.3 Å². The van der Waals surface area contributed by atoms with E-state index in [-0.39, 0.29) is 30.5 Å². The number of amides is 2. The Morgan fingerprint density at radius 3 is 2.45 bits per heavy atom.